The summed E-state index contributed by atoms with van der Waals surface area (Å²) in [4.78, 5) is 21.5. The van der Waals surface area contributed by atoms with Gasteiger partial charge in [0.1, 0.15) is 0 Å². The molecule has 0 fully saturated rings. The Labute approximate surface area is 136 Å². The molecule has 1 aromatic heterocycles. The van der Waals surface area contributed by atoms with Crippen LogP contribution >= 0.6 is 11.3 Å². The molecule has 0 saturated heterocycles. The standard InChI is InChI=1S/C15H27N5OS/c1-6-11-9-18-13(22-11)7-8-17-14(16-5)19-10-12(21)20-15(2,3)4/h9H,6-8,10H2,1-5H3,(H,20,21)(H2,16,17,19). The van der Waals surface area contributed by atoms with Crippen LogP contribution in [0.1, 0.15) is 37.6 Å². The molecule has 0 radical (unpaired) electrons. The summed E-state index contributed by atoms with van der Waals surface area (Å²) in [6.07, 6.45) is 3.81. The Hall–Kier alpha value is -1.63. The Bertz CT molecular complexity index is 504. The number of carbonyl (C=O) groups is 1. The molecule has 3 N–H and O–H groups in total. The Morgan fingerprint density at radius 3 is 2.64 bits per heavy atom. The second-order valence-corrected chi connectivity index (χ2v) is 7.17. The van der Waals surface area contributed by atoms with E-state index in [9.17, 15) is 4.79 Å². The summed E-state index contributed by atoms with van der Waals surface area (Å²) in [5.41, 5.74) is -0.225. The second-order valence-electron chi connectivity index (χ2n) is 5.97. The Balaban J connectivity index is 2.29. The van der Waals surface area contributed by atoms with E-state index in [1.165, 1.54) is 4.88 Å². The number of aryl methyl sites for hydroxylation is 1. The first-order chi connectivity index (χ1) is 10.3. The molecular formula is C15H27N5OS. The maximum absolute atomic E-state index is 11.7. The lowest BCUT2D eigenvalue weighted by molar-refractivity contribution is -0.121. The van der Waals surface area contributed by atoms with Crippen molar-refractivity contribution >= 4 is 23.2 Å². The van der Waals surface area contributed by atoms with Crippen LogP contribution in [0.5, 0.6) is 0 Å². The highest BCUT2D eigenvalue weighted by molar-refractivity contribution is 7.11. The molecular weight excluding hydrogens is 298 g/mol. The smallest absolute Gasteiger partial charge is 0.239 e. The molecule has 0 atom stereocenters. The van der Waals surface area contributed by atoms with Crippen molar-refractivity contribution in [2.24, 2.45) is 4.99 Å². The summed E-state index contributed by atoms with van der Waals surface area (Å²) >= 11 is 1.74. The number of rotatable bonds is 6. The third-order valence-electron chi connectivity index (χ3n) is 2.74. The van der Waals surface area contributed by atoms with E-state index in [-0.39, 0.29) is 18.0 Å². The number of thiazole rings is 1. The number of nitrogens with one attached hydrogen (secondary N) is 3. The van der Waals surface area contributed by atoms with Crippen molar-refractivity contribution in [1.29, 1.82) is 0 Å². The van der Waals surface area contributed by atoms with Crippen LogP contribution in [0.15, 0.2) is 11.2 Å². The van der Waals surface area contributed by atoms with Gasteiger partial charge in [0.05, 0.1) is 11.6 Å². The number of aliphatic imine (C=N–C) groups is 1. The van der Waals surface area contributed by atoms with Gasteiger partial charge in [0, 0.05) is 36.6 Å². The summed E-state index contributed by atoms with van der Waals surface area (Å²) in [6.45, 7) is 8.93. The van der Waals surface area contributed by atoms with Crippen molar-refractivity contribution in [3.05, 3.63) is 16.1 Å². The van der Waals surface area contributed by atoms with Crippen LogP contribution in [0.4, 0.5) is 0 Å². The van der Waals surface area contributed by atoms with E-state index >= 15 is 0 Å². The topological polar surface area (TPSA) is 78.4 Å². The van der Waals surface area contributed by atoms with Gasteiger partial charge in [-0.3, -0.25) is 9.79 Å². The van der Waals surface area contributed by atoms with E-state index in [4.69, 9.17) is 0 Å². The SMILES string of the molecule is CCc1cnc(CCNC(=NC)NCC(=O)NC(C)(C)C)s1. The Kier molecular flexibility index (Phi) is 7.31. The van der Waals surface area contributed by atoms with E-state index < -0.39 is 0 Å². The van der Waals surface area contributed by atoms with Crippen molar-refractivity contribution in [2.45, 2.75) is 46.1 Å². The van der Waals surface area contributed by atoms with Gasteiger partial charge in [-0.05, 0) is 27.2 Å². The monoisotopic (exact) mass is 325 g/mol. The number of aromatic nitrogens is 1. The van der Waals surface area contributed by atoms with Crippen LogP contribution in [0, 0.1) is 0 Å². The molecule has 1 aromatic rings. The summed E-state index contributed by atoms with van der Waals surface area (Å²) in [6, 6.07) is 0. The quantitative estimate of drug-likeness (QED) is 0.545. The van der Waals surface area contributed by atoms with Gasteiger partial charge < -0.3 is 16.0 Å². The van der Waals surface area contributed by atoms with Crippen molar-refractivity contribution in [1.82, 2.24) is 20.9 Å². The molecule has 1 amide bonds. The number of carbonyl (C=O) groups excluding carboxylic acids is 1. The Morgan fingerprint density at radius 2 is 2.09 bits per heavy atom. The van der Waals surface area contributed by atoms with Gasteiger partial charge in [0.2, 0.25) is 5.91 Å². The average molecular weight is 325 g/mol. The minimum atomic E-state index is -0.225. The zero-order chi connectivity index (χ0) is 16.6. The van der Waals surface area contributed by atoms with Crippen LogP contribution in [0.3, 0.4) is 0 Å². The maximum Gasteiger partial charge on any atom is 0.239 e. The molecule has 22 heavy (non-hydrogen) atoms. The minimum absolute atomic E-state index is 0.0528. The molecule has 1 heterocycles. The molecule has 1 rings (SSSR count). The van der Waals surface area contributed by atoms with Crippen LogP contribution in [-0.4, -0.2) is 42.5 Å². The predicted octanol–water partition coefficient (Wildman–Crippen LogP) is 1.33. The Morgan fingerprint density at radius 1 is 1.36 bits per heavy atom. The normalized spacial score (nSPS) is 12.1. The lowest BCUT2D eigenvalue weighted by Crippen LogP contribution is -2.48. The van der Waals surface area contributed by atoms with Gasteiger partial charge in [-0.2, -0.15) is 0 Å². The number of amides is 1. The molecule has 0 aliphatic rings. The van der Waals surface area contributed by atoms with Gasteiger partial charge in [-0.25, -0.2) is 4.98 Å². The summed E-state index contributed by atoms with van der Waals surface area (Å²) < 4.78 is 0. The number of hydrogen-bond acceptors (Lipinski definition) is 4. The predicted molar refractivity (Wildman–Crippen MR) is 92.5 cm³/mol. The number of nitrogens with zero attached hydrogens (tertiary/aromatic N) is 2. The molecule has 0 bridgehead atoms. The molecule has 0 spiro atoms. The van der Waals surface area contributed by atoms with Crippen LogP contribution in [-0.2, 0) is 17.6 Å². The van der Waals surface area contributed by atoms with Crippen LogP contribution < -0.4 is 16.0 Å². The minimum Gasteiger partial charge on any atom is -0.356 e. The fourth-order valence-corrected chi connectivity index (χ4v) is 2.62. The molecule has 0 aliphatic heterocycles. The van der Waals surface area contributed by atoms with Gasteiger partial charge in [-0.1, -0.05) is 6.92 Å². The second kappa shape index (κ2) is 8.73. The highest BCUT2D eigenvalue weighted by Crippen LogP contribution is 2.13. The lowest BCUT2D eigenvalue weighted by Gasteiger charge is -2.21. The molecule has 0 aromatic carbocycles. The summed E-state index contributed by atoms with van der Waals surface area (Å²) in [5, 5.41) is 10.2. The first kappa shape index (κ1) is 18.4. The average Bonchev–Trinajstić information content (AvgIpc) is 2.88. The van der Waals surface area contributed by atoms with Crippen molar-refractivity contribution in [3.63, 3.8) is 0 Å². The van der Waals surface area contributed by atoms with E-state index in [1.54, 1.807) is 18.4 Å². The first-order valence-corrected chi connectivity index (χ1v) is 8.35. The van der Waals surface area contributed by atoms with Gasteiger partial charge in [-0.15, -0.1) is 11.3 Å². The molecule has 7 heteroatoms. The zero-order valence-corrected chi connectivity index (χ0v) is 14.9. The number of hydrogen-bond donors (Lipinski definition) is 3. The third kappa shape index (κ3) is 7.40. The zero-order valence-electron chi connectivity index (χ0n) is 14.1. The van der Waals surface area contributed by atoms with E-state index in [2.05, 4.69) is 32.9 Å². The lowest BCUT2D eigenvalue weighted by atomic mass is 10.1. The van der Waals surface area contributed by atoms with Gasteiger partial charge in [0.25, 0.3) is 0 Å². The van der Waals surface area contributed by atoms with Crippen molar-refractivity contribution < 1.29 is 4.79 Å². The maximum atomic E-state index is 11.7. The fraction of sp³-hybridized carbons (Fsp3) is 0.667. The molecule has 124 valence electrons. The molecule has 0 aliphatic carbocycles. The van der Waals surface area contributed by atoms with E-state index in [1.807, 2.05) is 27.0 Å². The highest BCUT2D eigenvalue weighted by atomic mass is 32.1. The first-order valence-electron chi connectivity index (χ1n) is 7.53. The van der Waals surface area contributed by atoms with E-state index in [0.717, 1.165) is 24.4 Å². The molecule has 6 nitrogen and oxygen atoms in total. The van der Waals surface area contributed by atoms with Crippen molar-refractivity contribution in [3.8, 4) is 0 Å². The summed E-state index contributed by atoms with van der Waals surface area (Å²) in [5.74, 6) is 0.569. The molecule has 0 unspecified atom stereocenters. The van der Waals surface area contributed by atoms with Gasteiger partial charge in [0.15, 0.2) is 5.96 Å². The van der Waals surface area contributed by atoms with E-state index in [0.29, 0.717) is 5.96 Å². The third-order valence-corrected chi connectivity index (χ3v) is 3.94. The van der Waals surface area contributed by atoms with Crippen LogP contribution in [0.2, 0.25) is 0 Å². The largest absolute Gasteiger partial charge is 0.356 e. The number of guanidine groups is 1. The highest BCUT2D eigenvalue weighted by Gasteiger charge is 2.13. The summed E-state index contributed by atoms with van der Waals surface area (Å²) in [7, 11) is 1.69. The van der Waals surface area contributed by atoms with Gasteiger partial charge >= 0.3 is 0 Å². The molecule has 0 saturated carbocycles. The van der Waals surface area contributed by atoms with Crippen molar-refractivity contribution in [2.75, 3.05) is 20.1 Å². The fourth-order valence-electron chi connectivity index (χ4n) is 1.76. The van der Waals surface area contributed by atoms with Crippen LogP contribution in [0.25, 0.3) is 0 Å².